The van der Waals surface area contributed by atoms with Crippen LogP contribution in [0.4, 0.5) is 0 Å². The third-order valence-electron chi connectivity index (χ3n) is 13.9. The Morgan fingerprint density at radius 1 is 0.986 bits per heavy atom. The molecular weight excluding hydrogens is 952 g/mol. The summed E-state index contributed by atoms with van der Waals surface area (Å²) in [6.45, 7) is 12.2. The van der Waals surface area contributed by atoms with Gasteiger partial charge in [0, 0.05) is 57.8 Å². The number of aliphatic hydroxyl groups excluding tert-OH is 2. The number of methoxy groups -OCH3 is 2. The number of halogens is 1. The van der Waals surface area contributed by atoms with E-state index in [1.54, 1.807) is 37.6 Å². The number of hydrogen-bond donors (Lipinski definition) is 3. The van der Waals surface area contributed by atoms with E-state index in [-0.39, 0.29) is 67.2 Å². The van der Waals surface area contributed by atoms with Gasteiger partial charge in [0.1, 0.15) is 36.1 Å². The highest BCUT2D eigenvalue weighted by Gasteiger charge is 2.45. The molecule has 16 heteroatoms. The minimum absolute atomic E-state index is 0.0830. The first-order valence-electron chi connectivity index (χ1n) is 24.3. The lowest BCUT2D eigenvalue weighted by molar-refractivity contribution is -0.286. The molecule has 15 atom stereocenters. The first kappa shape index (κ1) is 53.0. The Hall–Kier alpha value is -3.81. The molecule has 7 rings (SSSR count). The number of aromatic nitrogens is 2. The van der Waals surface area contributed by atoms with E-state index in [1.807, 2.05) is 64.2 Å². The molecule has 5 aliphatic rings. The van der Waals surface area contributed by atoms with Gasteiger partial charge in [-0.25, -0.2) is 14.8 Å². The molecule has 3 N–H and O–H groups in total. The van der Waals surface area contributed by atoms with Crippen molar-refractivity contribution in [1.82, 2.24) is 9.97 Å². The number of nitrogens with zero attached hydrogens (tertiary/aromatic N) is 2. The van der Waals surface area contributed by atoms with Gasteiger partial charge in [-0.1, -0.05) is 84.0 Å². The van der Waals surface area contributed by atoms with Gasteiger partial charge in [-0.2, -0.15) is 0 Å². The third kappa shape index (κ3) is 14.6. The van der Waals surface area contributed by atoms with Crippen molar-refractivity contribution >= 4 is 34.1 Å². The summed E-state index contributed by atoms with van der Waals surface area (Å²) < 4.78 is 55.2. The van der Waals surface area contributed by atoms with Crippen LogP contribution in [0.25, 0.3) is 12.2 Å². The standard InChI is InChI=1S/C53H71BrN2O13/c1-31(16-17-38(61-6)12-10-18-54)21-44(58)47-26-42(62-7)27-53(60,69-47)28-49-55-36(29-63-49)22-33(3)51-35(5)52-34(4)45(67-51)13-9-14-48-56-43(30-64-48)46-24-37(57)23-41(66-46)25-40-20-32(2)19-39(65-40)11-8-15-50(59)68-52/h8-10,14-18,21-22,29-30,34-35,37-42,44-47,51-52,57-58,60H,2,11-13,19-20,23-28H2,1,3-7H3/b14-9-,15-8+,17-16+,18-10+,31-21+,33-22+/t34-,35-,37+,38+,39-,40+,41-,42+,44+,45+,46+,47+,51-,52+,53-/m0/s1. The number of oxazole rings is 2. The molecule has 0 radical (unpaired) electrons. The molecule has 4 fully saturated rings. The number of ether oxygens (including phenoxy) is 7. The fraction of sp³-hybridized carbons (Fsp3) is 0.604. The molecular formula is C53H71BrN2O13. The quantitative estimate of drug-likeness (QED) is 0.104. The second kappa shape index (κ2) is 24.5. The van der Waals surface area contributed by atoms with Crippen LogP contribution < -0.4 is 0 Å². The van der Waals surface area contributed by atoms with Gasteiger partial charge in [0.25, 0.3) is 0 Å². The molecule has 5 aliphatic heterocycles. The van der Waals surface area contributed by atoms with Crippen molar-refractivity contribution in [3.63, 3.8) is 0 Å². The molecule has 7 heterocycles. The van der Waals surface area contributed by atoms with Crippen LogP contribution in [0.5, 0.6) is 0 Å². The molecule has 0 aromatic carbocycles. The number of allylic oxidation sites excluding steroid dienone is 2. The van der Waals surface area contributed by atoms with E-state index in [0.29, 0.717) is 75.1 Å². The van der Waals surface area contributed by atoms with Gasteiger partial charge in [0.2, 0.25) is 5.89 Å². The summed E-state index contributed by atoms with van der Waals surface area (Å²) in [6.07, 6.45) is 19.5. The van der Waals surface area contributed by atoms with Crippen molar-refractivity contribution < 1.29 is 62.1 Å². The average Bonchev–Trinajstić information content (AvgIpc) is 3.96. The molecule has 0 amide bonds. The van der Waals surface area contributed by atoms with E-state index in [4.69, 9.17) is 52.0 Å². The van der Waals surface area contributed by atoms with Crippen molar-refractivity contribution in [3.8, 4) is 0 Å². The van der Waals surface area contributed by atoms with Crippen molar-refractivity contribution in [2.45, 2.75) is 177 Å². The van der Waals surface area contributed by atoms with Crippen LogP contribution >= 0.6 is 15.9 Å². The minimum Gasteiger partial charge on any atom is -0.458 e. The second-order valence-electron chi connectivity index (χ2n) is 19.5. The topological polar surface area (TPSA) is 194 Å². The van der Waals surface area contributed by atoms with Crippen molar-refractivity contribution in [2.75, 3.05) is 14.2 Å². The highest BCUT2D eigenvalue weighted by molar-refractivity contribution is 9.11. The smallest absolute Gasteiger partial charge is 0.330 e. The molecule has 0 unspecified atom stereocenters. The summed E-state index contributed by atoms with van der Waals surface area (Å²) in [7, 11) is 3.22. The molecule has 2 aromatic rings. The Morgan fingerprint density at radius 2 is 1.78 bits per heavy atom. The van der Waals surface area contributed by atoms with Gasteiger partial charge in [0.05, 0.1) is 67.5 Å². The van der Waals surface area contributed by atoms with Gasteiger partial charge in [0.15, 0.2) is 11.7 Å². The maximum absolute atomic E-state index is 13.6. The van der Waals surface area contributed by atoms with E-state index in [0.717, 1.165) is 16.7 Å². The summed E-state index contributed by atoms with van der Waals surface area (Å²) in [5, 5.41) is 33.9. The van der Waals surface area contributed by atoms with Crippen LogP contribution in [0.3, 0.4) is 0 Å². The highest BCUT2D eigenvalue weighted by atomic mass is 79.9. The first-order valence-corrected chi connectivity index (χ1v) is 25.2. The fourth-order valence-electron chi connectivity index (χ4n) is 10.4. The summed E-state index contributed by atoms with van der Waals surface area (Å²) in [5.74, 6) is -1.95. The Bertz CT molecular complexity index is 2210. The SMILES string of the molecule is C=C1C[C@@H]2C[C@@H]3C[C@@H](O)C[C@@H](O3)c3coc(n3)/C=C\C[C@H]3O[C@@H](/C(C)=C/c4coc(C[C@]5(O)C[C@H](OC)C[C@H]([C@H](O)/C=C(C)/C=C/[C@@H](C/C=C/Br)OC)O5)n4)[C@H](C)[C@H](OC(=O)/C=C/C[C@@H](C1)O2)[C@H]3C. The Labute approximate surface area is 414 Å². The molecule has 4 saturated heterocycles. The van der Waals surface area contributed by atoms with E-state index >= 15 is 0 Å². The van der Waals surface area contributed by atoms with Crippen LogP contribution in [0.15, 0.2) is 92.2 Å². The number of esters is 1. The lowest BCUT2D eigenvalue weighted by atomic mass is 9.79. The predicted molar refractivity (Wildman–Crippen MR) is 261 cm³/mol. The summed E-state index contributed by atoms with van der Waals surface area (Å²) >= 11 is 3.28. The van der Waals surface area contributed by atoms with Crippen molar-refractivity contribution in [1.29, 1.82) is 0 Å². The number of fused-ring (bicyclic) bond motifs is 9. The van der Waals surface area contributed by atoms with E-state index in [1.165, 1.54) is 12.3 Å². The van der Waals surface area contributed by atoms with Crippen LogP contribution in [0.1, 0.15) is 121 Å². The molecule has 0 spiro atoms. The summed E-state index contributed by atoms with van der Waals surface area (Å²) in [5.41, 5.74) is 3.86. The Balaban J connectivity index is 1.06. The normalized spacial score (nSPS) is 36.1. The number of aliphatic hydroxyl groups is 3. The van der Waals surface area contributed by atoms with Crippen LogP contribution in [-0.4, -0.2) is 118 Å². The number of carbonyl (C=O) groups is 1. The molecule has 8 bridgehead atoms. The molecule has 15 nitrogen and oxygen atoms in total. The van der Waals surface area contributed by atoms with Gasteiger partial charge in [-0.15, -0.1) is 0 Å². The van der Waals surface area contributed by atoms with E-state index < -0.39 is 48.4 Å². The number of rotatable bonds is 12. The van der Waals surface area contributed by atoms with Gasteiger partial charge in [-0.3, -0.25) is 0 Å². The Morgan fingerprint density at radius 3 is 2.57 bits per heavy atom. The zero-order valence-electron chi connectivity index (χ0n) is 40.7. The van der Waals surface area contributed by atoms with Crippen LogP contribution in [0.2, 0.25) is 0 Å². The molecule has 378 valence electrons. The van der Waals surface area contributed by atoms with Gasteiger partial charge in [-0.05, 0) is 75.1 Å². The third-order valence-corrected chi connectivity index (χ3v) is 14.2. The molecule has 0 saturated carbocycles. The maximum Gasteiger partial charge on any atom is 0.330 e. The predicted octanol–water partition coefficient (Wildman–Crippen LogP) is 8.76. The van der Waals surface area contributed by atoms with Crippen LogP contribution in [0, 0.1) is 11.8 Å². The Kier molecular flexibility index (Phi) is 18.9. The molecule has 2 aromatic heterocycles. The highest BCUT2D eigenvalue weighted by Crippen LogP contribution is 2.40. The van der Waals surface area contributed by atoms with Gasteiger partial charge >= 0.3 is 5.97 Å². The summed E-state index contributed by atoms with van der Waals surface area (Å²) in [4.78, 5) is 24.8. The monoisotopic (exact) mass is 1020 g/mol. The lowest BCUT2D eigenvalue weighted by Gasteiger charge is -2.44. The molecule has 0 aliphatic carbocycles. The largest absolute Gasteiger partial charge is 0.458 e. The van der Waals surface area contributed by atoms with Crippen molar-refractivity contribution in [3.05, 3.63) is 107 Å². The average molecular weight is 1020 g/mol. The maximum atomic E-state index is 13.6. The lowest BCUT2D eigenvalue weighted by Crippen LogP contribution is -2.51. The summed E-state index contributed by atoms with van der Waals surface area (Å²) in [6, 6.07) is 0. The van der Waals surface area contributed by atoms with E-state index in [9.17, 15) is 20.1 Å². The van der Waals surface area contributed by atoms with Crippen LogP contribution in [-0.2, 0) is 44.4 Å². The van der Waals surface area contributed by atoms with Gasteiger partial charge < -0.3 is 57.3 Å². The second-order valence-corrected chi connectivity index (χ2v) is 20.0. The van der Waals surface area contributed by atoms with Crippen molar-refractivity contribution in [2.24, 2.45) is 11.8 Å². The first-order chi connectivity index (χ1) is 33.1. The molecule has 69 heavy (non-hydrogen) atoms. The number of hydrogen-bond acceptors (Lipinski definition) is 15. The van der Waals surface area contributed by atoms with E-state index in [2.05, 4.69) is 22.5 Å². The zero-order chi connectivity index (χ0) is 49.2. The minimum atomic E-state index is -1.73. The zero-order valence-corrected chi connectivity index (χ0v) is 42.3. The number of carbonyl (C=O) groups excluding carboxylic acids is 1. The fourth-order valence-corrected chi connectivity index (χ4v) is 10.6.